The highest BCUT2D eigenvalue weighted by Crippen LogP contribution is 2.29. The van der Waals surface area contributed by atoms with Crippen LogP contribution in [0.3, 0.4) is 0 Å². The number of nitrogens with zero attached hydrogens (tertiary/aromatic N) is 2. The number of nitro benzene ring substituents is 1. The fraction of sp³-hybridized carbons (Fsp3) is 0.500. The second-order valence-corrected chi connectivity index (χ2v) is 3.92. The van der Waals surface area contributed by atoms with Crippen LogP contribution in [0.1, 0.15) is 6.92 Å². The summed E-state index contributed by atoms with van der Waals surface area (Å²) in [6, 6.07) is 4.82. The zero-order chi connectivity index (χ0) is 14.3. The summed E-state index contributed by atoms with van der Waals surface area (Å²) in [5, 5.41) is 31.9. The molecule has 7 nitrogen and oxygen atoms in total. The standard InChI is InChI=1S/C12H19N3O4/c1-2-13-11-4-3-10(9-12(11)15(18)19)14(5-7-16)6-8-17/h3-4,9,13,16-17H,2,5-8H2,1H3. The van der Waals surface area contributed by atoms with E-state index in [4.69, 9.17) is 10.2 Å². The Hall–Kier alpha value is -1.86. The van der Waals surface area contributed by atoms with Crippen molar-refractivity contribution >= 4 is 17.1 Å². The molecule has 0 amide bonds. The molecule has 0 saturated heterocycles. The van der Waals surface area contributed by atoms with E-state index in [1.54, 1.807) is 17.0 Å². The van der Waals surface area contributed by atoms with Gasteiger partial charge < -0.3 is 20.4 Å². The van der Waals surface area contributed by atoms with Gasteiger partial charge >= 0.3 is 0 Å². The predicted octanol–water partition coefficient (Wildman–Crippen LogP) is 0.818. The Labute approximate surface area is 111 Å². The summed E-state index contributed by atoms with van der Waals surface area (Å²) in [5.41, 5.74) is 1.06. The van der Waals surface area contributed by atoms with Crippen LogP contribution in [0, 0.1) is 10.1 Å². The van der Waals surface area contributed by atoms with Crippen LogP contribution in [0.4, 0.5) is 17.1 Å². The van der Waals surface area contributed by atoms with Gasteiger partial charge in [0.2, 0.25) is 0 Å². The summed E-state index contributed by atoms with van der Waals surface area (Å²) in [5.74, 6) is 0. The smallest absolute Gasteiger partial charge is 0.294 e. The van der Waals surface area contributed by atoms with Crippen molar-refractivity contribution in [3.05, 3.63) is 28.3 Å². The molecule has 19 heavy (non-hydrogen) atoms. The van der Waals surface area contributed by atoms with Gasteiger partial charge in [0.1, 0.15) is 5.69 Å². The highest BCUT2D eigenvalue weighted by Gasteiger charge is 2.16. The van der Waals surface area contributed by atoms with E-state index >= 15 is 0 Å². The van der Waals surface area contributed by atoms with Gasteiger partial charge in [0, 0.05) is 31.4 Å². The third kappa shape index (κ3) is 4.08. The van der Waals surface area contributed by atoms with E-state index in [9.17, 15) is 10.1 Å². The summed E-state index contributed by atoms with van der Waals surface area (Å²) >= 11 is 0. The monoisotopic (exact) mass is 269 g/mol. The molecule has 106 valence electrons. The van der Waals surface area contributed by atoms with E-state index in [0.29, 0.717) is 31.0 Å². The number of benzene rings is 1. The average molecular weight is 269 g/mol. The minimum Gasteiger partial charge on any atom is -0.395 e. The van der Waals surface area contributed by atoms with Gasteiger partial charge in [-0.15, -0.1) is 0 Å². The highest BCUT2D eigenvalue weighted by atomic mass is 16.6. The van der Waals surface area contributed by atoms with Gasteiger partial charge in [0.25, 0.3) is 5.69 Å². The molecule has 7 heteroatoms. The predicted molar refractivity (Wildman–Crippen MR) is 73.6 cm³/mol. The summed E-state index contributed by atoms with van der Waals surface area (Å²) < 4.78 is 0. The first kappa shape index (κ1) is 15.2. The van der Waals surface area contributed by atoms with E-state index in [-0.39, 0.29) is 18.9 Å². The molecule has 0 aliphatic carbocycles. The van der Waals surface area contributed by atoms with Crippen molar-refractivity contribution in [2.45, 2.75) is 6.92 Å². The molecule has 1 aromatic rings. The van der Waals surface area contributed by atoms with E-state index in [2.05, 4.69) is 5.32 Å². The maximum Gasteiger partial charge on any atom is 0.294 e. The third-order valence-electron chi connectivity index (χ3n) is 2.65. The van der Waals surface area contributed by atoms with Gasteiger partial charge in [-0.05, 0) is 19.1 Å². The van der Waals surface area contributed by atoms with Gasteiger partial charge in [-0.25, -0.2) is 0 Å². The minimum absolute atomic E-state index is 0.0137. The van der Waals surface area contributed by atoms with Crippen LogP contribution in [0.15, 0.2) is 18.2 Å². The first-order valence-electron chi connectivity index (χ1n) is 6.13. The number of nitro groups is 1. The van der Waals surface area contributed by atoms with Crippen LogP contribution in [0.25, 0.3) is 0 Å². The molecule has 0 aliphatic rings. The van der Waals surface area contributed by atoms with Crippen molar-refractivity contribution in [2.24, 2.45) is 0 Å². The Balaban J connectivity index is 3.07. The number of nitrogens with one attached hydrogen (secondary N) is 1. The zero-order valence-electron chi connectivity index (χ0n) is 10.9. The van der Waals surface area contributed by atoms with Crippen LogP contribution in [0.5, 0.6) is 0 Å². The first-order valence-corrected chi connectivity index (χ1v) is 6.13. The third-order valence-corrected chi connectivity index (χ3v) is 2.65. The molecule has 0 saturated carbocycles. The molecular formula is C12H19N3O4. The normalized spacial score (nSPS) is 10.3. The van der Waals surface area contributed by atoms with Crippen molar-refractivity contribution in [3.63, 3.8) is 0 Å². The molecule has 0 aromatic heterocycles. The number of anilines is 2. The second kappa shape index (κ2) is 7.55. The SMILES string of the molecule is CCNc1ccc(N(CCO)CCO)cc1[N+](=O)[O-]. The number of hydrogen-bond acceptors (Lipinski definition) is 6. The Morgan fingerprint density at radius 2 is 1.95 bits per heavy atom. The average Bonchev–Trinajstić information content (AvgIpc) is 2.39. The minimum atomic E-state index is -0.447. The highest BCUT2D eigenvalue weighted by molar-refractivity contribution is 5.68. The lowest BCUT2D eigenvalue weighted by Gasteiger charge is -2.23. The molecule has 0 bridgehead atoms. The number of aliphatic hydroxyl groups excluding tert-OH is 2. The van der Waals surface area contributed by atoms with Crippen molar-refractivity contribution < 1.29 is 15.1 Å². The van der Waals surface area contributed by atoms with Crippen LogP contribution >= 0.6 is 0 Å². The molecule has 0 fully saturated rings. The van der Waals surface area contributed by atoms with E-state index in [1.807, 2.05) is 6.92 Å². The van der Waals surface area contributed by atoms with Crippen LogP contribution in [-0.4, -0.2) is 48.0 Å². The van der Waals surface area contributed by atoms with Gasteiger partial charge in [-0.3, -0.25) is 10.1 Å². The molecule has 0 radical (unpaired) electrons. The molecular weight excluding hydrogens is 250 g/mol. The molecule has 0 unspecified atom stereocenters. The van der Waals surface area contributed by atoms with Gasteiger partial charge in [0.15, 0.2) is 0 Å². The van der Waals surface area contributed by atoms with Crippen molar-refractivity contribution in [2.75, 3.05) is 43.1 Å². The van der Waals surface area contributed by atoms with Crippen LogP contribution < -0.4 is 10.2 Å². The maximum absolute atomic E-state index is 11.0. The fourth-order valence-corrected chi connectivity index (χ4v) is 1.82. The van der Waals surface area contributed by atoms with E-state index in [0.717, 1.165) is 0 Å². The Kier molecular flexibility index (Phi) is 6.04. The molecule has 1 rings (SSSR count). The topological polar surface area (TPSA) is 98.9 Å². The van der Waals surface area contributed by atoms with Crippen molar-refractivity contribution in [1.82, 2.24) is 0 Å². The largest absolute Gasteiger partial charge is 0.395 e. The Bertz CT molecular complexity index is 419. The van der Waals surface area contributed by atoms with Crippen LogP contribution in [0.2, 0.25) is 0 Å². The maximum atomic E-state index is 11.0. The lowest BCUT2D eigenvalue weighted by atomic mass is 10.2. The number of hydrogen-bond donors (Lipinski definition) is 3. The first-order chi connectivity index (χ1) is 9.13. The summed E-state index contributed by atoms with van der Waals surface area (Å²) in [7, 11) is 0. The lowest BCUT2D eigenvalue weighted by Crippen LogP contribution is -2.29. The molecule has 0 aliphatic heterocycles. The number of aliphatic hydroxyl groups is 2. The molecule has 0 heterocycles. The van der Waals surface area contributed by atoms with E-state index in [1.165, 1.54) is 6.07 Å². The van der Waals surface area contributed by atoms with Gasteiger partial charge in [-0.2, -0.15) is 0 Å². The zero-order valence-corrected chi connectivity index (χ0v) is 10.9. The summed E-state index contributed by atoms with van der Waals surface area (Å²) in [6.45, 7) is 2.93. The summed E-state index contributed by atoms with van der Waals surface area (Å²) in [6.07, 6.45) is 0. The molecule has 0 atom stereocenters. The Morgan fingerprint density at radius 3 is 2.42 bits per heavy atom. The quantitative estimate of drug-likeness (QED) is 0.477. The van der Waals surface area contributed by atoms with Crippen molar-refractivity contribution in [3.8, 4) is 0 Å². The van der Waals surface area contributed by atoms with Crippen LogP contribution in [-0.2, 0) is 0 Å². The summed E-state index contributed by atoms with van der Waals surface area (Å²) in [4.78, 5) is 12.3. The Morgan fingerprint density at radius 1 is 1.32 bits per heavy atom. The molecule has 0 spiro atoms. The molecule has 1 aromatic carbocycles. The van der Waals surface area contributed by atoms with Gasteiger partial charge in [0.05, 0.1) is 18.1 Å². The molecule has 3 N–H and O–H groups in total. The number of rotatable bonds is 8. The van der Waals surface area contributed by atoms with Crippen molar-refractivity contribution in [1.29, 1.82) is 0 Å². The second-order valence-electron chi connectivity index (χ2n) is 3.92. The van der Waals surface area contributed by atoms with Gasteiger partial charge in [-0.1, -0.05) is 0 Å². The lowest BCUT2D eigenvalue weighted by molar-refractivity contribution is -0.383. The fourth-order valence-electron chi connectivity index (χ4n) is 1.82. The van der Waals surface area contributed by atoms with E-state index < -0.39 is 4.92 Å².